The van der Waals surface area contributed by atoms with E-state index in [1.54, 1.807) is 71.9 Å². The number of hydrogen-bond acceptors (Lipinski definition) is 14. The van der Waals surface area contributed by atoms with Crippen LogP contribution in [0.4, 0.5) is 0 Å². The number of aliphatic hydroxyl groups is 1. The maximum absolute atomic E-state index is 14.0. The molecule has 2 aromatic rings. The summed E-state index contributed by atoms with van der Waals surface area (Å²) in [5.41, 5.74) is 7.02. The molecule has 0 radical (unpaired) electrons. The highest BCUT2D eigenvalue weighted by atomic mass is 16.4. The summed E-state index contributed by atoms with van der Waals surface area (Å²) in [6, 6.07) is 0.139. The van der Waals surface area contributed by atoms with Crippen LogP contribution >= 0.6 is 0 Å². The van der Waals surface area contributed by atoms with Gasteiger partial charge in [-0.15, -0.1) is 0 Å². The number of carbonyl (C=O) groups excluding carboxylic acids is 8. The van der Waals surface area contributed by atoms with Gasteiger partial charge in [0.1, 0.15) is 54.1 Å². The molecular formula is C49H71N9O16. The van der Waals surface area contributed by atoms with Crippen LogP contribution in [0.1, 0.15) is 85.3 Å². The fraction of sp³-hybridized carbons (Fsp3) is 0.531. The van der Waals surface area contributed by atoms with E-state index in [2.05, 4.69) is 42.5 Å². The number of benzene rings is 2. The van der Waals surface area contributed by atoms with Crippen LogP contribution in [0.25, 0.3) is 0 Å². The first-order valence-corrected chi connectivity index (χ1v) is 23.9. The fourth-order valence-corrected chi connectivity index (χ4v) is 7.07. The molecule has 0 heterocycles. The number of amides is 8. The van der Waals surface area contributed by atoms with Crippen molar-refractivity contribution in [1.29, 1.82) is 0 Å². The molecule has 25 heteroatoms. The Hall–Kier alpha value is -7.67. The average molecular weight is 1040 g/mol. The predicted molar refractivity (Wildman–Crippen MR) is 264 cm³/mol. The molecule has 15 N–H and O–H groups in total. The third-order valence-corrected chi connectivity index (χ3v) is 11.7. The van der Waals surface area contributed by atoms with Crippen LogP contribution < -0.4 is 48.3 Å². The maximum atomic E-state index is 14.0. The molecule has 74 heavy (non-hydrogen) atoms. The van der Waals surface area contributed by atoms with Gasteiger partial charge in [-0.25, -0.2) is 4.79 Å². The molecule has 2 aromatic carbocycles. The Balaban J connectivity index is 2.29. The van der Waals surface area contributed by atoms with Crippen molar-refractivity contribution in [3.05, 3.63) is 65.7 Å². The number of rotatable bonds is 31. The molecule has 408 valence electrons. The molecular weight excluding hydrogens is 971 g/mol. The Labute approximate surface area is 427 Å². The predicted octanol–water partition coefficient (Wildman–Crippen LogP) is -1.82. The number of hydrogen-bond donors (Lipinski definition) is 14. The molecule has 10 atom stereocenters. The fourth-order valence-electron chi connectivity index (χ4n) is 7.07. The lowest BCUT2D eigenvalue weighted by atomic mass is 9.96. The molecule has 0 saturated carbocycles. The molecule has 0 unspecified atom stereocenters. The lowest BCUT2D eigenvalue weighted by Crippen LogP contribution is -2.61. The van der Waals surface area contributed by atoms with Crippen molar-refractivity contribution in [3.63, 3.8) is 0 Å². The minimum Gasteiger partial charge on any atom is -0.508 e. The number of nitrogens with two attached hydrogens (primary N) is 1. The summed E-state index contributed by atoms with van der Waals surface area (Å²) >= 11 is 0. The summed E-state index contributed by atoms with van der Waals surface area (Å²) < 4.78 is 0. The van der Waals surface area contributed by atoms with Gasteiger partial charge < -0.3 is 73.8 Å². The van der Waals surface area contributed by atoms with E-state index in [1.165, 1.54) is 24.3 Å². The Morgan fingerprint density at radius 1 is 0.500 bits per heavy atom. The lowest BCUT2D eigenvalue weighted by molar-refractivity contribution is -0.143. The second kappa shape index (κ2) is 30.4. The minimum absolute atomic E-state index is 0.0775. The normalized spacial score (nSPS) is 15.2. The maximum Gasteiger partial charge on any atom is 0.326 e. The van der Waals surface area contributed by atoms with E-state index in [-0.39, 0.29) is 43.3 Å². The number of carboxylic acid groups (broad SMARTS) is 3. The van der Waals surface area contributed by atoms with E-state index < -0.39 is 145 Å². The van der Waals surface area contributed by atoms with Crippen molar-refractivity contribution in [3.8, 4) is 5.75 Å². The topological polar surface area (TPSA) is 411 Å². The summed E-state index contributed by atoms with van der Waals surface area (Å²) in [6.45, 7) is 10.1. The third-order valence-electron chi connectivity index (χ3n) is 11.7. The van der Waals surface area contributed by atoms with Gasteiger partial charge in [0.15, 0.2) is 0 Å². The first kappa shape index (κ1) is 62.4. The molecule has 0 aliphatic heterocycles. The molecule has 2 rings (SSSR count). The summed E-state index contributed by atoms with van der Waals surface area (Å²) in [6.07, 6.45) is -2.08. The molecule has 0 aliphatic rings. The van der Waals surface area contributed by atoms with Crippen LogP contribution in [-0.4, -0.2) is 152 Å². The van der Waals surface area contributed by atoms with Gasteiger partial charge in [0.25, 0.3) is 0 Å². The van der Waals surface area contributed by atoms with E-state index >= 15 is 0 Å². The molecule has 0 aromatic heterocycles. The van der Waals surface area contributed by atoms with Crippen molar-refractivity contribution in [2.24, 2.45) is 23.5 Å². The summed E-state index contributed by atoms with van der Waals surface area (Å²) in [5.74, 6) is -14.1. The smallest absolute Gasteiger partial charge is 0.326 e. The van der Waals surface area contributed by atoms with Crippen LogP contribution in [0.15, 0.2) is 54.6 Å². The molecule has 8 amide bonds. The zero-order valence-electron chi connectivity index (χ0n) is 42.4. The number of aromatic hydroxyl groups is 1. The summed E-state index contributed by atoms with van der Waals surface area (Å²) in [4.78, 5) is 144. The molecule has 0 bridgehead atoms. The minimum atomic E-state index is -1.97. The van der Waals surface area contributed by atoms with Crippen LogP contribution in [-0.2, 0) is 65.6 Å². The number of aliphatic carboxylic acids is 3. The van der Waals surface area contributed by atoms with E-state index in [9.17, 15) is 78.3 Å². The number of nitrogens with one attached hydrogen (secondary N) is 8. The van der Waals surface area contributed by atoms with Gasteiger partial charge in [0, 0.05) is 12.8 Å². The second-order valence-electron chi connectivity index (χ2n) is 18.6. The molecule has 0 spiro atoms. The average Bonchev–Trinajstić information content (AvgIpc) is 3.33. The van der Waals surface area contributed by atoms with Gasteiger partial charge in [-0.05, 0) is 54.4 Å². The highest BCUT2D eigenvalue weighted by molar-refractivity contribution is 5.99. The Bertz CT molecular complexity index is 2280. The summed E-state index contributed by atoms with van der Waals surface area (Å²) in [7, 11) is 0. The van der Waals surface area contributed by atoms with Crippen LogP contribution in [0.5, 0.6) is 5.75 Å². The van der Waals surface area contributed by atoms with E-state index in [1.807, 2.05) is 0 Å². The van der Waals surface area contributed by atoms with Crippen molar-refractivity contribution in [2.45, 2.75) is 141 Å². The van der Waals surface area contributed by atoms with Crippen LogP contribution in [0.2, 0.25) is 0 Å². The number of carboxylic acids is 3. The zero-order valence-corrected chi connectivity index (χ0v) is 42.4. The Morgan fingerprint density at radius 3 is 1.38 bits per heavy atom. The van der Waals surface area contributed by atoms with Crippen molar-refractivity contribution in [1.82, 2.24) is 42.5 Å². The molecule has 0 saturated heterocycles. The SMILES string of the molecule is CC[C@H](C)[C@H](NC(=O)[C@H](CC(=O)O)NC(=O)[C@H](C)NC(=O)[C@H](CC(=O)O)NC(=O)[C@H](CO)NC(=O)[C@H](Cc1ccc(O)cc1)NC(=O)[C@@H](N)C(C)C)C(=O)N[C@@H](Cc1ccccc1)C(=O)N[C@@H](CC(C)C)C(=O)O. The largest absolute Gasteiger partial charge is 0.508 e. The monoisotopic (exact) mass is 1040 g/mol. The molecule has 25 nitrogen and oxygen atoms in total. The lowest BCUT2D eigenvalue weighted by Gasteiger charge is -2.29. The van der Waals surface area contributed by atoms with E-state index in [0.29, 0.717) is 11.1 Å². The number of phenolic OH excluding ortho intramolecular Hbond substituents is 1. The Morgan fingerprint density at radius 2 is 0.919 bits per heavy atom. The summed E-state index contributed by atoms with van der Waals surface area (Å²) in [5, 5.41) is 67.7. The van der Waals surface area contributed by atoms with Crippen LogP contribution in [0.3, 0.4) is 0 Å². The van der Waals surface area contributed by atoms with Crippen molar-refractivity contribution >= 4 is 65.2 Å². The van der Waals surface area contributed by atoms with Gasteiger partial charge in [-0.2, -0.15) is 0 Å². The number of carbonyl (C=O) groups is 11. The standard InChI is InChI=1S/C49H71N9O16/c1-8-26(6)40(48(72)55-32(19-28-12-10-9-11-13-28)43(67)56-35(49(73)74)18-24(2)3)58-45(69)34(22-38(63)64)52-41(65)27(7)51-42(66)33(21-37(61)62)53-46(70)36(23-59)57-44(68)31(54-47(71)39(50)25(4)5)20-29-14-16-30(60)17-15-29/h9-17,24-27,31-36,39-40,59-60H,8,18-23,50H2,1-7H3,(H,51,66)(H,52,65)(H,53,70)(H,54,71)(H,55,72)(H,56,67)(H,57,68)(H,58,69)(H,61,62)(H,63,64)(H,73,74)/t26-,27-,31-,32-,33-,34-,35-,36-,39-,40-/m0/s1. The molecule has 0 aliphatic carbocycles. The number of phenols is 1. The molecule has 0 fully saturated rings. The number of aliphatic hydroxyl groups excluding tert-OH is 1. The quantitative estimate of drug-likeness (QED) is 0.0395. The van der Waals surface area contributed by atoms with Crippen LogP contribution in [0, 0.1) is 17.8 Å². The van der Waals surface area contributed by atoms with Crippen molar-refractivity contribution in [2.75, 3.05) is 6.61 Å². The third kappa shape index (κ3) is 21.2. The first-order chi connectivity index (χ1) is 34.7. The van der Waals surface area contributed by atoms with Crippen molar-refractivity contribution < 1.29 is 78.3 Å². The van der Waals surface area contributed by atoms with Gasteiger partial charge in [-0.1, -0.05) is 90.4 Å². The van der Waals surface area contributed by atoms with E-state index in [0.717, 1.165) is 6.92 Å². The van der Waals surface area contributed by atoms with Gasteiger partial charge in [0.05, 0.1) is 25.5 Å². The zero-order chi connectivity index (χ0) is 56.0. The second-order valence-corrected chi connectivity index (χ2v) is 18.6. The first-order valence-electron chi connectivity index (χ1n) is 23.9. The highest BCUT2D eigenvalue weighted by Crippen LogP contribution is 2.14. The van der Waals surface area contributed by atoms with Gasteiger partial charge in [-0.3, -0.25) is 47.9 Å². The van der Waals surface area contributed by atoms with E-state index in [4.69, 9.17) is 5.73 Å². The van der Waals surface area contributed by atoms with Gasteiger partial charge in [0.2, 0.25) is 47.3 Å². The van der Waals surface area contributed by atoms with Gasteiger partial charge >= 0.3 is 17.9 Å². The highest BCUT2D eigenvalue weighted by Gasteiger charge is 2.37. The Kier molecular flexibility index (Phi) is 25.6.